The maximum Gasteiger partial charge on any atom is 0.413 e. The molecule has 0 radical (unpaired) electrons. The van der Waals surface area contributed by atoms with E-state index in [9.17, 15) is 14.4 Å². The Morgan fingerprint density at radius 1 is 1.33 bits per heavy atom. The normalized spacial score (nSPS) is 19.8. The average molecular weight is 255 g/mol. The SMILES string of the molecule is COC(=O)NC(=O)[C@H](C)OC(=O)[C@@H]1CC=CCC1. The number of methoxy groups -OCH3 is 1. The zero-order valence-electron chi connectivity index (χ0n) is 10.5. The number of amides is 2. The van der Waals surface area contributed by atoms with Gasteiger partial charge in [-0.2, -0.15) is 0 Å². The number of rotatable bonds is 3. The van der Waals surface area contributed by atoms with Crippen LogP contribution in [0.25, 0.3) is 0 Å². The molecule has 1 aliphatic rings. The minimum Gasteiger partial charge on any atom is -0.453 e. The van der Waals surface area contributed by atoms with Crippen LogP contribution in [-0.2, 0) is 19.1 Å². The Labute approximate surface area is 105 Å². The van der Waals surface area contributed by atoms with Crippen molar-refractivity contribution in [1.29, 1.82) is 0 Å². The van der Waals surface area contributed by atoms with Gasteiger partial charge in [-0.1, -0.05) is 12.2 Å². The van der Waals surface area contributed by atoms with Gasteiger partial charge < -0.3 is 9.47 Å². The lowest BCUT2D eigenvalue weighted by Crippen LogP contribution is -2.40. The number of esters is 1. The molecule has 0 aromatic rings. The van der Waals surface area contributed by atoms with Crippen molar-refractivity contribution >= 4 is 18.0 Å². The van der Waals surface area contributed by atoms with Crippen molar-refractivity contribution in [3.8, 4) is 0 Å². The first kappa shape index (κ1) is 14.2. The van der Waals surface area contributed by atoms with Crippen molar-refractivity contribution in [3.05, 3.63) is 12.2 Å². The molecule has 0 aromatic carbocycles. The summed E-state index contributed by atoms with van der Waals surface area (Å²) in [5, 5.41) is 1.95. The zero-order chi connectivity index (χ0) is 13.5. The van der Waals surface area contributed by atoms with Crippen LogP contribution in [-0.4, -0.2) is 31.2 Å². The van der Waals surface area contributed by atoms with Crippen molar-refractivity contribution in [3.63, 3.8) is 0 Å². The van der Waals surface area contributed by atoms with E-state index < -0.39 is 24.1 Å². The van der Waals surface area contributed by atoms with Crippen LogP contribution in [0, 0.1) is 5.92 Å². The molecule has 6 heteroatoms. The van der Waals surface area contributed by atoms with Crippen LogP contribution in [0.1, 0.15) is 26.2 Å². The van der Waals surface area contributed by atoms with Crippen molar-refractivity contribution in [2.24, 2.45) is 5.92 Å². The third-order valence-electron chi connectivity index (χ3n) is 2.68. The molecule has 0 saturated carbocycles. The number of nitrogens with one attached hydrogen (secondary N) is 1. The summed E-state index contributed by atoms with van der Waals surface area (Å²) in [6, 6.07) is 0. The molecule has 1 rings (SSSR count). The number of allylic oxidation sites excluding steroid dienone is 2. The fourth-order valence-corrected chi connectivity index (χ4v) is 1.58. The Hall–Kier alpha value is -1.85. The van der Waals surface area contributed by atoms with Gasteiger partial charge in [-0.15, -0.1) is 0 Å². The van der Waals surface area contributed by atoms with Gasteiger partial charge in [0.05, 0.1) is 13.0 Å². The van der Waals surface area contributed by atoms with E-state index in [1.807, 2.05) is 17.5 Å². The molecule has 0 bridgehead atoms. The quantitative estimate of drug-likeness (QED) is 0.604. The van der Waals surface area contributed by atoms with Crippen LogP contribution in [0.15, 0.2) is 12.2 Å². The number of ether oxygens (including phenoxy) is 2. The molecule has 0 aliphatic heterocycles. The number of carbonyl (C=O) groups is 3. The van der Waals surface area contributed by atoms with Crippen LogP contribution in [0.3, 0.4) is 0 Å². The summed E-state index contributed by atoms with van der Waals surface area (Å²) in [4.78, 5) is 34.0. The van der Waals surface area contributed by atoms with Gasteiger partial charge in [0.2, 0.25) is 0 Å². The van der Waals surface area contributed by atoms with Gasteiger partial charge in [0, 0.05) is 0 Å². The Morgan fingerprint density at radius 2 is 2.06 bits per heavy atom. The minimum absolute atomic E-state index is 0.205. The van der Waals surface area contributed by atoms with E-state index in [4.69, 9.17) is 4.74 Å². The van der Waals surface area contributed by atoms with Crippen LogP contribution in [0.5, 0.6) is 0 Å². The van der Waals surface area contributed by atoms with Gasteiger partial charge in [-0.25, -0.2) is 4.79 Å². The van der Waals surface area contributed by atoms with Gasteiger partial charge in [0.1, 0.15) is 0 Å². The van der Waals surface area contributed by atoms with Gasteiger partial charge in [-0.3, -0.25) is 14.9 Å². The molecule has 0 fully saturated rings. The first-order valence-corrected chi connectivity index (χ1v) is 5.79. The topological polar surface area (TPSA) is 81.7 Å². The second-order valence-corrected chi connectivity index (χ2v) is 4.04. The Bertz CT molecular complexity index is 363. The molecule has 0 aromatic heterocycles. The first-order chi connectivity index (χ1) is 8.54. The molecule has 100 valence electrons. The molecule has 2 amide bonds. The summed E-state index contributed by atoms with van der Waals surface area (Å²) in [6.07, 6.45) is 4.24. The standard InChI is InChI=1S/C12H17NO5/c1-8(10(14)13-12(16)17-2)18-11(15)9-6-4-3-5-7-9/h3-4,8-9H,5-7H2,1-2H3,(H,13,14,16)/t8-,9+/m0/s1. The third-order valence-corrected chi connectivity index (χ3v) is 2.68. The fraction of sp³-hybridized carbons (Fsp3) is 0.583. The fourth-order valence-electron chi connectivity index (χ4n) is 1.58. The highest BCUT2D eigenvalue weighted by molar-refractivity contribution is 5.95. The maximum absolute atomic E-state index is 11.7. The molecule has 0 saturated heterocycles. The average Bonchev–Trinajstić information content (AvgIpc) is 2.39. The predicted molar refractivity (Wildman–Crippen MR) is 62.6 cm³/mol. The molecule has 0 spiro atoms. The minimum atomic E-state index is -1.01. The molecule has 1 N–H and O–H groups in total. The molecule has 0 heterocycles. The summed E-state index contributed by atoms with van der Waals surface area (Å²) < 4.78 is 9.28. The van der Waals surface area contributed by atoms with Crippen LogP contribution in [0.2, 0.25) is 0 Å². The van der Waals surface area contributed by atoms with Crippen molar-refractivity contribution in [1.82, 2.24) is 5.32 Å². The molecular weight excluding hydrogens is 238 g/mol. The van der Waals surface area contributed by atoms with Gasteiger partial charge in [0.25, 0.3) is 5.91 Å². The number of hydrogen-bond acceptors (Lipinski definition) is 5. The smallest absolute Gasteiger partial charge is 0.413 e. The van der Waals surface area contributed by atoms with E-state index in [-0.39, 0.29) is 5.92 Å². The largest absolute Gasteiger partial charge is 0.453 e. The molecule has 18 heavy (non-hydrogen) atoms. The van der Waals surface area contributed by atoms with E-state index in [1.54, 1.807) is 0 Å². The summed E-state index contributed by atoms with van der Waals surface area (Å²) in [5.74, 6) is -1.31. The lowest BCUT2D eigenvalue weighted by Gasteiger charge is -2.19. The number of imide groups is 1. The summed E-state index contributed by atoms with van der Waals surface area (Å²) >= 11 is 0. The van der Waals surface area contributed by atoms with Crippen molar-refractivity contribution < 1.29 is 23.9 Å². The van der Waals surface area contributed by atoms with Gasteiger partial charge in [0.15, 0.2) is 6.10 Å². The van der Waals surface area contributed by atoms with Crippen LogP contribution < -0.4 is 5.32 Å². The van der Waals surface area contributed by atoms with Crippen molar-refractivity contribution in [2.45, 2.75) is 32.3 Å². The highest BCUT2D eigenvalue weighted by Crippen LogP contribution is 2.20. The second-order valence-electron chi connectivity index (χ2n) is 4.04. The summed E-state index contributed by atoms with van der Waals surface area (Å²) in [7, 11) is 1.15. The lowest BCUT2D eigenvalue weighted by molar-refractivity contribution is -0.158. The highest BCUT2D eigenvalue weighted by Gasteiger charge is 2.25. The highest BCUT2D eigenvalue weighted by atomic mass is 16.6. The number of alkyl carbamates (subject to hydrolysis) is 1. The summed E-state index contributed by atoms with van der Waals surface area (Å²) in [6.45, 7) is 1.41. The molecule has 2 atom stereocenters. The van der Waals surface area contributed by atoms with Gasteiger partial charge >= 0.3 is 12.1 Å². The van der Waals surface area contributed by atoms with Crippen molar-refractivity contribution in [2.75, 3.05) is 7.11 Å². The van der Waals surface area contributed by atoms with Crippen LogP contribution >= 0.6 is 0 Å². The first-order valence-electron chi connectivity index (χ1n) is 5.79. The molecule has 6 nitrogen and oxygen atoms in total. The molecule has 0 unspecified atom stereocenters. The number of carbonyl (C=O) groups excluding carboxylic acids is 3. The van der Waals surface area contributed by atoms with Crippen LogP contribution in [0.4, 0.5) is 4.79 Å². The van der Waals surface area contributed by atoms with E-state index in [1.165, 1.54) is 6.92 Å². The second kappa shape index (κ2) is 6.78. The van der Waals surface area contributed by atoms with Gasteiger partial charge in [-0.05, 0) is 26.2 Å². The molecule has 1 aliphatic carbocycles. The lowest BCUT2D eigenvalue weighted by atomic mass is 9.95. The monoisotopic (exact) mass is 255 g/mol. The van der Waals surface area contributed by atoms with E-state index in [0.29, 0.717) is 6.42 Å². The summed E-state index contributed by atoms with van der Waals surface area (Å²) in [5.41, 5.74) is 0. The Morgan fingerprint density at radius 3 is 2.61 bits per heavy atom. The molecular formula is C12H17NO5. The Kier molecular flexibility index (Phi) is 5.35. The Balaban J connectivity index is 2.41. The third kappa shape index (κ3) is 4.20. The van der Waals surface area contributed by atoms with E-state index in [0.717, 1.165) is 20.0 Å². The zero-order valence-corrected chi connectivity index (χ0v) is 10.5. The maximum atomic E-state index is 11.7. The van der Waals surface area contributed by atoms with E-state index in [2.05, 4.69) is 4.74 Å². The van der Waals surface area contributed by atoms with E-state index >= 15 is 0 Å². The number of hydrogen-bond donors (Lipinski definition) is 1. The predicted octanol–water partition coefficient (Wildman–Crippen LogP) is 1.16.